The largest absolute Gasteiger partial charge is 0.250 e. The van der Waals surface area contributed by atoms with Crippen molar-refractivity contribution in [2.45, 2.75) is 64.8 Å². The summed E-state index contributed by atoms with van der Waals surface area (Å²) in [6.45, 7) is 10.2. The smallest absolute Gasteiger partial charge is 0.138 e. The fourth-order valence-corrected chi connectivity index (χ4v) is 5.04. The maximum atomic E-state index is 4.44. The van der Waals surface area contributed by atoms with E-state index in [0.717, 1.165) is 30.6 Å². The van der Waals surface area contributed by atoms with Gasteiger partial charge in [-0.15, -0.1) is 0 Å². The Morgan fingerprint density at radius 3 is 2.79 bits per heavy atom. The van der Waals surface area contributed by atoms with Crippen LogP contribution in [0.5, 0.6) is 0 Å². The molecule has 0 N–H and O–H groups in total. The summed E-state index contributed by atoms with van der Waals surface area (Å²) in [5.74, 6) is 2.72. The first kappa shape index (κ1) is 15.0. The minimum atomic E-state index is 0.272. The molecule has 0 radical (unpaired) electrons. The Morgan fingerprint density at radius 1 is 1.42 bits per heavy atom. The maximum Gasteiger partial charge on any atom is 0.138 e. The number of halogens is 1. The highest BCUT2D eigenvalue weighted by molar-refractivity contribution is 9.09. The number of rotatable bonds is 4. The Morgan fingerprint density at radius 2 is 2.16 bits per heavy atom. The van der Waals surface area contributed by atoms with Gasteiger partial charge in [0.05, 0.1) is 0 Å². The van der Waals surface area contributed by atoms with Crippen molar-refractivity contribution in [3.63, 3.8) is 0 Å². The first-order chi connectivity index (χ1) is 8.94. The highest BCUT2D eigenvalue weighted by Crippen LogP contribution is 2.44. The molecule has 108 valence electrons. The van der Waals surface area contributed by atoms with Crippen molar-refractivity contribution in [2.75, 3.05) is 0 Å². The van der Waals surface area contributed by atoms with Gasteiger partial charge in [0.25, 0.3) is 0 Å². The van der Waals surface area contributed by atoms with Crippen molar-refractivity contribution in [1.29, 1.82) is 0 Å². The highest BCUT2D eigenvalue weighted by atomic mass is 79.9. The van der Waals surface area contributed by atoms with Crippen molar-refractivity contribution >= 4 is 15.9 Å². The van der Waals surface area contributed by atoms with E-state index in [2.05, 4.69) is 53.7 Å². The minimum Gasteiger partial charge on any atom is -0.250 e. The van der Waals surface area contributed by atoms with E-state index in [1.165, 1.54) is 19.3 Å². The molecule has 19 heavy (non-hydrogen) atoms. The van der Waals surface area contributed by atoms with E-state index in [1.807, 2.05) is 4.68 Å². The number of aromatic nitrogens is 3. The van der Waals surface area contributed by atoms with Crippen LogP contribution in [-0.2, 0) is 13.0 Å². The number of nitrogens with zero attached hydrogens (tertiary/aromatic N) is 3. The molecule has 1 heterocycles. The van der Waals surface area contributed by atoms with E-state index < -0.39 is 0 Å². The van der Waals surface area contributed by atoms with Gasteiger partial charge in [-0.1, -0.05) is 43.1 Å². The molecule has 1 saturated carbocycles. The van der Waals surface area contributed by atoms with Gasteiger partial charge in [0.2, 0.25) is 0 Å². The molecule has 2 rings (SSSR count). The average molecular weight is 328 g/mol. The van der Waals surface area contributed by atoms with Crippen LogP contribution in [0, 0.1) is 17.3 Å². The van der Waals surface area contributed by atoms with Gasteiger partial charge in [-0.3, -0.25) is 4.68 Å². The SMILES string of the molecule is CCn1ncnc1CC(C)(C)C1CCC(C)CC1Br. The van der Waals surface area contributed by atoms with Gasteiger partial charge >= 0.3 is 0 Å². The molecule has 3 unspecified atom stereocenters. The normalized spacial score (nSPS) is 28.6. The molecule has 1 aliphatic rings. The molecule has 0 aliphatic heterocycles. The summed E-state index contributed by atoms with van der Waals surface area (Å²) in [6.07, 6.45) is 6.68. The van der Waals surface area contributed by atoms with E-state index >= 15 is 0 Å². The summed E-state index contributed by atoms with van der Waals surface area (Å²) in [5.41, 5.74) is 0.272. The summed E-state index contributed by atoms with van der Waals surface area (Å²) in [6, 6.07) is 0. The molecule has 3 nitrogen and oxygen atoms in total. The Labute approximate surface area is 125 Å². The molecule has 0 spiro atoms. The van der Waals surface area contributed by atoms with Gasteiger partial charge in [-0.05, 0) is 37.0 Å². The van der Waals surface area contributed by atoms with Crippen LogP contribution in [0.25, 0.3) is 0 Å². The molecular weight excluding hydrogens is 302 g/mol. The van der Waals surface area contributed by atoms with E-state index in [0.29, 0.717) is 4.83 Å². The number of alkyl halides is 1. The lowest BCUT2D eigenvalue weighted by Gasteiger charge is -2.42. The zero-order valence-electron chi connectivity index (χ0n) is 12.6. The van der Waals surface area contributed by atoms with Crippen LogP contribution in [0.4, 0.5) is 0 Å². The van der Waals surface area contributed by atoms with Crippen LogP contribution >= 0.6 is 15.9 Å². The van der Waals surface area contributed by atoms with Crippen LogP contribution < -0.4 is 0 Å². The molecule has 0 aromatic carbocycles. The molecule has 0 bridgehead atoms. The fourth-order valence-electron chi connectivity index (χ4n) is 3.42. The van der Waals surface area contributed by atoms with Crippen LogP contribution in [0.3, 0.4) is 0 Å². The van der Waals surface area contributed by atoms with Crippen LogP contribution in [0.15, 0.2) is 6.33 Å². The third-order valence-corrected chi connectivity index (χ3v) is 5.66. The lowest BCUT2D eigenvalue weighted by molar-refractivity contribution is 0.143. The average Bonchev–Trinajstić information content (AvgIpc) is 2.74. The van der Waals surface area contributed by atoms with Crippen molar-refractivity contribution in [2.24, 2.45) is 17.3 Å². The Hall–Kier alpha value is -0.380. The van der Waals surface area contributed by atoms with E-state index in [9.17, 15) is 0 Å². The molecule has 4 heteroatoms. The van der Waals surface area contributed by atoms with Gasteiger partial charge in [-0.2, -0.15) is 5.10 Å². The van der Waals surface area contributed by atoms with Crippen molar-refractivity contribution in [3.05, 3.63) is 12.2 Å². The predicted molar refractivity (Wildman–Crippen MR) is 82.4 cm³/mol. The standard InChI is InChI=1S/C15H26BrN3/c1-5-19-14(17-10-18-19)9-15(3,4)12-7-6-11(2)8-13(12)16/h10-13H,5-9H2,1-4H3. The third kappa shape index (κ3) is 3.39. The molecule has 0 amide bonds. The number of hydrogen-bond acceptors (Lipinski definition) is 2. The zero-order chi connectivity index (χ0) is 14.0. The Kier molecular flexibility index (Phi) is 4.70. The zero-order valence-corrected chi connectivity index (χ0v) is 14.2. The molecule has 1 aromatic rings. The number of aryl methyl sites for hydroxylation is 1. The summed E-state index contributed by atoms with van der Waals surface area (Å²) in [5, 5.41) is 4.29. The van der Waals surface area contributed by atoms with E-state index in [4.69, 9.17) is 0 Å². The van der Waals surface area contributed by atoms with Crippen molar-refractivity contribution in [3.8, 4) is 0 Å². The summed E-state index contributed by atoms with van der Waals surface area (Å²) in [7, 11) is 0. The first-order valence-corrected chi connectivity index (χ1v) is 8.36. The summed E-state index contributed by atoms with van der Waals surface area (Å²) >= 11 is 3.93. The monoisotopic (exact) mass is 327 g/mol. The Bertz CT molecular complexity index is 413. The molecule has 1 aromatic heterocycles. The summed E-state index contributed by atoms with van der Waals surface area (Å²) in [4.78, 5) is 5.09. The lowest BCUT2D eigenvalue weighted by Crippen LogP contribution is -2.37. The molecule has 0 saturated heterocycles. The van der Waals surface area contributed by atoms with E-state index in [1.54, 1.807) is 6.33 Å². The fraction of sp³-hybridized carbons (Fsp3) is 0.867. The van der Waals surface area contributed by atoms with Gasteiger partial charge in [-0.25, -0.2) is 4.98 Å². The van der Waals surface area contributed by atoms with Crippen LogP contribution in [0.1, 0.15) is 52.8 Å². The third-order valence-electron chi connectivity index (χ3n) is 4.65. The lowest BCUT2D eigenvalue weighted by atomic mass is 9.67. The second-order valence-electron chi connectivity index (χ2n) is 6.70. The minimum absolute atomic E-state index is 0.272. The second kappa shape index (κ2) is 5.94. The Balaban J connectivity index is 2.09. The predicted octanol–water partition coefficient (Wildman–Crippen LogP) is 4.07. The van der Waals surface area contributed by atoms with Gasteiger partial charge in [0.1, 0.15) is 12.2 Å². The summed E-state index contributed by atoms with van der Waals surface area (Å²) < 4.78 is 2.02. The van der Waals surface area contributed by atoms with Crippen molar-refractivity contribution < 1.29 is 0 Å². The quantitative estimate of drug-likeness (QED) is 0.780. The van der Waals surface area contributed by atoms with Crippen molar-refractivity contribution in [1.82, 2.24) is 14.8 Å². The van der Waals surface area contributed by atoms with E-state index in [-0.39, 0.29) is 5.41 Å². The van der Waals surface area contributed by atoms with Crippen LogP contribution in [-0.4, -0.2) is 19.6 Å². The topological polar surface area (TPSA) is 30.7 Å². The second-order valence-corrected chi connectivity index (χ2v) is 7.87. The maximum absolute atomic E-state index is 4.44. The highest BCUT2D eigenvalue weighted by Gasteiger charge is 2.38. The number of hydrogen-bond donors (Lipinski definition) is 0. The van der Waals surface area contributed by atoms with Gasteiger partial charge < -0.3 is 0 Å². The first-order valence-electron chi connectivity index (χ1n) is 7.44. The van der Waals surface area contributed by atoms with Crippen LogP contribution in [0.2, 0.25) is 0 Å². The van der Waals surface area contributed by atoms with Gasteiger partial charge in [0.15, 0.2) is 0 Å². The molecular formula is C15H26BrN3. The van der Waals surface area contributed by atoms with Gasteiger partial charge in [0, 0.05) is 17.8 Å². The molecule has 1 aliphatic carbocycles. The molecule has 3 atom stereocenters. The molecule has 1 fully saturated rings.